The number of hydrogen-bond acceptors (Lipinski definition) is 8. The second-order valence-electron chi connectivity index (χ2n) is 5.78. The molecule has 1 saturated carbocycles. The van der Waals surface area contributed by atoms with Crippen LogP contribution in [0.2, 0.25) is 0 Å². The van der Waals surface area contributed by atoms with Gasteiger partial charge in [0.05, 0.1) is 11.8 Å². The predicted molar refractivity (Wildman–Crippen MR) is 85.8 cm³/mol. The van der Waals surface area contributed by atoms with Gasteiger partial charge in [0.1, 0.15) is 0 Å². The van der Waals surface area contributed by atoms with Gasteiger partial charge in [0.25, 0.3) is 0 Å². The summed E-state index contributed by atoms with van der Waals surface area (Å²) in [4.78, 5) is 35.4. The zero-order valence-electron chi connectivity index (χ0n) is 14.7. The highest BCUT2D eigenvalue weighted by Gasteiger charge is 2.40. The predicted octanol–water partition coefficient (Wildman–Crippen LogP) is 1.78. The summed E-state index contributed by atoms with van der Waals surface area (Å²) < 4.78 is 24.6. The van der Waals surface area contributed by atoms with E-state index in [4.69, 9.17) is 18.9 Å². The van der Waals surface area contributed by atoms with Gasteiger partial charge in [-0.2, -0.15) is 0 Å². The molecule has 3 atom stereocenters. The molecule has 142 valence electrons. The Labute approximate surface area is 147 Å². The maximum absolute atomic E-state index is 12.2. The van der Waals surface area contributed by atoms with Crippen LogP contribution in [0.4, 0.5) is 0 Å². The molecule has 1 rings (SSSR count). The zero-order valence-corrected chi connectivity index (χ0v) is 14.7. The first-order chi connectivity index (χ1) is 12.0. The standard InChI is InChI=1S/C17H26O8/c1-4-15(18)23-11-25-17(20)14-8-12(3)6-7-13(14)16(19)24-10-22-9-21-5-2/h4,12-14H,1,5-11H2,2-3H3. The monoisotopic (exact) mass is 358 g/mol. The van der Waals surface area contributed by atoms with Crippen molar-refractivity contribution in [2.75, 3.05) is 27.0 Å². The van der Waals surface area contributed by atoms with Gasteiger partial charge >= 0.3 is 17.9 Å². The van der Waals surface area contributed by atoms with Gasteiger partial charge < -0.3 is 23.7 Å². The average molecular weight is 358 g/mol. The number of esters is 3. The molecule has 0 amide bonds. The van der Waals surface area contributed by atoms with Crippen molar-refractivity contribution in [2.24, 2.45) is 17.8 Å². The minimum atomic E-state index is -0.688. The van der Waals surface area contributed by atoms with Crippen molar-refractivity contribution in [3.05, 3.63) is 12.7 Å². The molecule has 1 fully saturated rings. The summed E-state index contributed by atoms with van der Waals surface area (Å²) >= 11 is 0. The van der Waals surface area contributed by atoms with Crippen LogP contribution in [0.15, 0.2) is 12.7 Å². The van der Waals surface area contributed by atoms with Crippen LogP contribution in [0.25, 0.3) is 0 Å². The van der Waals surface area contributed by atoms with Crippen molar-refractivity contribution in [3.8, 4) is 0 Å². The Bertz CT molecular complexity index is 462. The van der Waals surface area contributed by atoms with E-state index < -0.39 is 36.5 Å². The van der Waals surface area contributed by atoms with Crippen molar-refractivity contribution in [1.29, 1.82) is 0 Å². The zero-order chi connectivity index (χ0) is 18.7. The van der Waals surface area contributed by atoms with Crippen LogP contribution in [0.5, 0.6) is 0 Å². The van der Waals surface area contributed by atoms with Crippen molar-refractivity contribution >= 4 is 17.9 Å². The summed E-state index contributed by atoms with van der Waals surface area (Å²) in [6.45, 7) is 6.86. The van der Waals surface area contributed by atoms with Crippen LogP contribution in [-0.4, -0.2) is 44.9 Å². The molecule has 0 saturated heterocycles. The van der Waals surface area contributed by atoms with E-state index in [9.17, 15) is 14.4 Å². The number of rotatable bonds is 10. The Hall–Kier alpha value is -1.93. The largest absolute Gasteiger partial charge is 0.438 e. The van der Waals surface area contributed by atoms with E-state index in [1.807, 2.05) is 13.8 Å². The minimum absolute atomic E-state index is 0.0334. The molecule has 0 aromatic carbocycles. The summed E-state index contributed by atoms with van der Waals surface area (Å²) in [5, 5.41) is 0. The van der Waals surface area contributed by atoms with Gasteiger partial charge in [-0.1, -0.05) is 13.5 Å². The van der Waals surface area contributed by atoms with Crippen LogP contribution < -0.4 is 0 Å². The summed E-state index contributed by atoms with van der Waals surface area (Å²) in [6, 6.07) is 0. The highest BCUT2D eigenvalue weighted by atomic mass is 16.7. The van der Waals surface area contributed by atoms with Crippen molar-refractivity contribution in [3.63, 3.8) is 0 Å². The molecule has 0 bridgehead atoms. The molecule has 0 radical (unpaired) electrons. The molecule has 1 aliphatic carbocycles. The quantitative estimate of drug-likeness (QED) is 0.252. The Morgan fingerprint density at radius 2 is 1.64 bits per heavy atom. The topological polar surface area (TPSA) is 97.4 Å². The molecule has 0 spiro atoms. The molecule has 8 nitrogen and oxygen atoms in total. The van der Waals surface area contributed by atoms with Gasteiger partial charge in [-0.3, -0.25) is 9.59 Å². The fourth-order valence-corrected chi connectivity index (χ4v) is 2.62. The van der Waals surface area contributed by atoms with E-state index in [0.29, 0.717) is 19.4 Å². The summed E-state index contributed by atoms with van der Waals surface area (Å²) in [6.07, 6.45) is 2.82. The van der Waals surface area contributed by atoms with Crippen molar-refractivity contribution in [1.82, 2.24) is 0 Å². The average Bonchev–Trinajstić information content (AvgIpc) is 2.60. The van der Waals surface area contributed by atoms with Crippen LogP contribution >= 0.6 is 0 Å². The molecule has 0 aliphatic heterocycles. The fourth-order valence-electron chi connectivity index (χ4n) is 2.62. The lowest BCUT2D eigenvalue weighted by Gasteiger charge is -2.31. The molecule has 3 unspecified atom stereocenters. The van der Waals surface area contributed by atoms with Crippen LogP contribution in [0.3, 0.4) is 0 Å². The van der Waals surface area contributed by atoms with Gasteiger partial charge in [0, 0.05) is 12.7 Å². The molecular weight excluding hydrogens is 332 g/mol. The van der Waals surface area contributed by atoms with Gasteiger partial charge in [0.15, 0.2) is 13.6 Å². The fraction of sp³-hybridized carbons (Fsp3) is 0.706. The van der Waals surface area contributed by atoms with Gasteiger partial charge in [0.2, 0.25) is 6.79 Å². The number of ether oxygens (including phenoxy) is 5. The van der Waals surface area contributed by atoms with Gasteiger partial charge in [-0.15, -0.1) is 0 Å². The lowest BCUT2D eigenvalue weighted by molar-refractivity contribution is -0.183. The molecule has 0 aromatic rings. The third-order valence-electron chi connectivity index (χ3n) is 3.94. The Morgan fingerprint density at radius 3 is 2.32 bits per heavy atom. The van der Waals surface area contributed by atoms with Gasteiger partial charge in [-0.05, 0) is 32.1 Å². The second kappa shape index (κ2) is 11.6. The second-order valence-corrected chi connectivity index (χ2v) is 5.78. The van der Waals surface area contributed by atoms with E-state index in [2.05, 4.69) is 11.3 Å². The SMILES string of the molecule is C=CC(=O)OCOC(=O)C1CC(C)CCC1C(=O)OCOCOCC. The normalized spacial score (nSPS) is 22.7. The molecule has 0 aromatic heterocycles. The molecule has 25 heavy (non-hydrogen) atoms. The first-order valence-electron chi connectivity index (χ1n) is 8.27. The summed E-state index contributed by atoms with van der Waals surface area (Å²) in [5.41, 5.74) is 0. The lowest BCUT2D eigenvalue weighted by Crippen LogP contribution is -2.37. The van der Waals surface area contributed by atoms with Crippen LogP contribution in [0, 0.1) is 17.8 Å². The highest BCUT2D eigenvalue weighted by Crippen LogP contribution is 2.35. The van der Waals surface area contributed by atoms with E-state index in [0.717, 1.165) is 12.5 Å². The Kier molecular flexibility index (Phi) is 9.79. The molecule has 8 heteroatoms. The molecule has 0 N–H and O–H groups in total. The first kappa shape index (κ1) is 21.1. The summed E-state index contributed by atoms with van der Waals surface area (Å²) in [5.74, 6) is -2.73. The third-order valence-corrected chi connectivity index (χ3v) is 3.94. The third kappa shape index (κ3) is 7.66. The first-order valence-corrected chi connectivity index (χ1v) is 8.27. The Balaban J connectivity index is 2.50. The number of hydrogen-bond donors (Lipinski definition) is 0. The van der Waals surface area contributed by atoms with E-state index in [1.54, 1.807) is 0 Å². The number of carbonyl (C=O) groups excluding carboxylic acids is 3. The Morgan fingerprint density at radius 1 is 0.960 bits per heavy atom. The van der Waals surface area contributed by atoms with Gasteiger partial charge in [-0.25, -0.2) is 4.79 Å². The molecule has 0 heterocycles. The molecular formula is C17H26O8. The minimum Gasteiger partial charge on any atom is -0.438 e. The van der Waals surface area contributed by atoms with Crippen molar-refractivity contribution < 1.29 is 38.1 Å². The van der Waals surface area contributed by atoms with Crippen LogP contribution in [0.1, 0.15) is 33.1 Å². The smallest absolute Gasteiger partial charge is 0.333 e. The van der Waals surface area contributed by atoms with E-state index in [1.165, 1.54) is 0 Å². The maximum atomic E-state index is 12.2. The number of carbonyl (C=O) groups is 3. The van der Waals surface area contributed by atoms with Crippen LogP contribution in [-0.2, 0) is 38.1 Å². The highest BCUT2D eigenvalue weighted by molar-refractivity contribution is 5.83. The van der Waals surface area contributed by atoms with Crippen molar-refractivity contribution in [2.45, 2.75) is 33.1 Å². The molecule has 1 aliphatic rings. The summed E-state index contributed by atoms with van der Waals surface area (Å²) in [7, 11) is 0. The lowest BCUT2D eigenvalue weighted by atomic mass is 9.74. The van der Waals surface area contributed by atoms with E-state index in [-0.39, 0.29) is 19.5 Å². The maximum Gasteiger partial charge on any atom is 0.333 e. The van der Waals surface area contributed by atoms with E-state index >= 15 is 0 Å².